The van der Waals surface area contributed by atoms with Crippen LogP contribution < -0.4 is 0 Å². The molecule has 2 atom stereocenters. The molecule has 1 heteroatoms. The second-order valence-electron chi connectivity index (χ2n) is 14.1. The van der Waals surface area contributed by atoms with E-state index in [-0.39, 0.29) is 22.1 Å². The van der Waals surface area contributed by atoms with Crippen molar-refractivity contribution in [3.8, 4) is 0 Å². The smallest absolute Gasteiger partial charge is 0.127 e. The van der Waals surface area contributed by atoms with Crippen LogP contribution in [0.1, 0.15) is 128 Å². The molecule has 0 N–H and O–H groups in total. The Morgan fingerprint density at radius 1 is 0.735 bits per heavy atom. The average Bonchev–Trinajstić information content (AvgIpc) is 3.70. The van der Waals surface area contributed by atoms with Crippen LogP contribution in [0.15, 0.2) is 42.5 Å². The van der Waals surface area contributed by atoms with E-state index < -0.39 is 0 Å². The summed E-state index contributed by atoms with van der Waals surface area (Å²) >= 11 is 0. The van der Waals surface area contributed by atoms with E-state index in [0.29, 0.717) is 11.8 Å². The third-order valence-electron chi connectivity index (χ3n) is 10.7. The molecule has 0 amide bonds. The first kappa shape index (κ1) is 24.1. The van der Waals surface area contributed by atoms with Crippen LogP contribution in [0.5, 0.6) is 0 Å². The zero-order valence-corrected chi connectivity index (χ0v) is 22.6. The lowest BCUT2D eigenvalue weighted by atomic mass is 9.54. The standard InChI is InChI=1S/C33H45F/c1-30(2,3)29-24(12-10-14-28(29)34)26-21-25(26)23-11-8-9-13-27(23)32(6,7)31(4,5)22-15-17-33(18-16-22)19-20-33/h8-14,22,25-26H,15-21H2,1-7H3. The molecule has 0 nitrogen and oxygen atoms in total. The summed E-state index contributed by atoms with van der Waals surface area (Å²) in [7, 11) is 0. The van der Waals surface area contributed by atoms with Gasteiger partial charge in [0.05, 0.1) is 0 Å². The van der Waals surface area contributed by atoms with Gasteiger partial charge in [0.2, 0.25) is 0 Å². The van der Waals surface area contributed by atoms with Crippen molar-refractivity contribution in [2.45, 2.75) is 116 Å². The van der Waals surface area contributed by atoms with Gasteiger partial charge in [-0.25, -0.2) is 4.39 Å². The van der Waals surface area contributed by atoms with E-state index in [4.69, 9.17) is 0 Å². The Hall–Kier alpha value is -1.63. The van der Waals surface area contributed by atoms with Crippen LogP contribution in [0.25, 0.3) is 0 Å². The summed E-state index contributed by atoms with van der Waals surface area (Å²) in [4.78, 5) is 0. The minimum Gasteiger partial charge on any atom is -0.207 e. The minimum atomic E-state index is -0.186. The number of hydrogen-bond acceptors (Lipinski definition) is 0. The van der Waals surface area contributed by atoms with Crippen molar-refractivity contribution in [1.82, 2.24) is 0 Å². The molecule has 0 radical (unpaired) electrons. The minimum absolute atomic E-state index is 0.0452. The maximum absolute atomic E-state index is 15.0. The van der Waals surface area contributed by atoms with Gasteiger partial charge >= 0.3 is 0 Å². The summed E-state index contributed by atoms with van der Waals surface area (Å²) in [6.45, 7) is 16.5. The van der Waals surface area contributed by atoms with Gasteiger partial charge in [0, 0.05) is 0 Å². The third kappa shape index (κ3) is 3.96. The van der Waals surface area contributed by atoms with Crippen LogP contribution in [-0.2, 0) is 10.8 Å². The SMILES string of the molecule is CC(C)(C)c1c(F)cccc1C1CC1c1ccccc1C(C)(C)C(C)(C)C1CCC2(CC1)CC2. The van der Waals surface area contributed by atoms with Crippen molar-refractivity contribution in [2.75, 3.05) is 0 Å². The number of rotatable bonds is 5. The van der Waals surface area contributed by atoms with Crippen LogP contribution in [0.4, 0.5) is 4.39 Å². The molecule has 0 heterocycles. The molecule has 0 aromatic heterocycles. The van der Waals surface area contributed by atoms with E-state index in [1.165, 1.54) is 55.2 Å². The van der Waals surface area contributed by atoms with Crippen molar-refractivity contribution in [1.29, 1.82) is 0 Å². The molecule has 0 bridgehead atoms. The zero-order chi connectivity index (χ0) is 24.5. The van der Waals surface area contributed by atoms with Gasteiger partial charge in [-0.1, -0.05) is 84.9 Å². The maximum Gasteiger partial charge on any atom is 0.127 e. The molecule has 0 saturated heterocycles. The topological polar surface area (TPSA) is 0 Å². The lowest BCUT2D eigenvalue weighted by Gasteiger charge is -2.50. The predicted octanol–water partition coefficient (Wildman–Crippen LogP) is 9.67. The van der Waals surface area contributed by atoms with Crippen LogP contribution in [0, 0.1) is 22.6 Å². The first-order chi connectivity index (χ1) is 15.9. The molecular formula is C33H45F. The van der Waals surface area contributed by atoms with E-state index in [1.54, 1.807) is 6.07 Å². The lowest BCUT2D eigenvalue weighted by Crippen LogP contribution is -2.44. The van der Waals surface area contributed by atoms with Gasteiger partial charge in [-0.3, -0.25) is 0 Å². The molecule has 3 saturated carbocycles. The van der Waals surface area contributed by atoms with Crippen molar-refractivity contribution >= 4 is 0 Å². The van der Waals surface area contributed by atoms with Crippen molar-refractivity contribution in [3.05, 3.63) is 70.5 Å². The van der Waals surface area contributed by atoms with Gasteiger partial charge in [0.1, 0.15) is 5.82 Å². The molecule has 34 heavy (non-hydrogen) atoms. The van der Waals surface area contributed by atoms with Crippen LogP contribution >= 0.6 is 0 Å². The Balaban J connectivity index is 1.44. The Morgan fingerprint density at radius 2 is 1.32 bits per heavy atom. The highest BCUT2D eigenvalue weighted by Gasteiger charge is 2.52. The molecule has 2 aromatic carbocycles. The molecule has 5 rings (SSSR count). The van der Waals surface area contributed by atoms with E-state index in [0.717, 1.165) is 23.3 Å². The quantitative estimate of drug-likeness (QED) is 0.416. The van der Waals surface area contributed by atoms with Crippen LogP contribution in [0.2, 0.25) is 0 Å². The highest BCUT2D eigenvalue weighted by atomic mass is 19.1. The third-order valence-corrected chi connectivity index (χ3v) is 10.7. The van der Waals surface area contributed by atoms with E-state index >= 15 is 0 Å². The molecular weight excluding hydrogens is 415 g/mol. The molecule has 1 spiro atoms. The summed E-state index contributed by atoms with van der Waals surface area (Å²) in [6.07, 6.45) is 9.76. The highest BCUT2D eigenvalue weighted by molar-refractivity contribution is 5.48. The van der Waals surface area contributed by atoms with E-state index in [9.17, 15) is 4.39 Å². The average molecular weight is 461 g/mol. The molecule has 3 aliphatic rings. The fourth-order valence-corrected chi connectivity index (χ4v) is 7.40. The van der Waals surface area contributed by atoms with Crippen LogP contribution in [0.3, 0.4) is 0 Å². The Morgan fingerprint density at radius 3 is 1.94 bits per heavy atom. The van der Waals surface area contributed by atoms with Crippen molar-refractivity contribution in [3.63, 3.8) is 0 Å². The summed E-state index contributed by atoms with van der Waals surface area (Å²) in [5.41, 5.74) is 6.04. The molecule has 3 aliphatic carbocycles. The molecule has 2 unspecified atom stereocenters. The second-order valence-corrected chi connectivity index (χ2v) is 14.1. The highest BCUT2D eigenvalue weighted by Crippen LogP contribution is 2.63. The van der Waals surface area contributed by atoms with Gasteiger partial charge in [0.15, 0.2) is 0 Å². The molecule has 3 fully saturated rings. The summed E-state index contributed by atoms with van der Waals surface area (Å²) in [5.74, 6) is 1.66. The van der Waals surface area contributed by atoms with Crippen molar-refractivity contribution < 1.29 is 4.39 Å². The summed E-state index contributed by atoms with van der Waals surface area (Å²) in [6, 6.07) is 14.9. The Labute approximate surface area is 207 Å². The molecule has 0 aliphatic heterocycles. The fourth-order valence-electron chi connectivity index (χ4n) is 7.40. The van der Waals surface area contributed by atoms with Gasteiger partial charge < -0.3 is 0 Å². The first-order valence-electron chi connectivity index (χ1n) is 13.8. The molecule has 184 valence electrons. The molecule has 2 aromatic rings. The van der Waals surface area contributed by atoms with Crippen molar-refractivity contribution in [2.24, 2.45) is 16.7 Å². The number of halogens is 1. The second kappa shape index (κ2) is 7.94. The number of benzene rings is 2. The van der Waals surface area contributed by atoms with E-state index in [2.05, 4.69) is 78.8 Å². The summed E-state index contributed by atoms with van der Waals surface area (Å²) in [5, 5.41) is 0. The number of hydrogen-bond donors (Lipinski definition) is 0. The monoisotopic (exact) mass is 460 g/mol. The van der Waals surface area contributed by atoms with E-state index in [1.807, 2.05) is 6.07 Å². The van der Waals surface area contributed by atoms with Gasteiger partial charge in [-0.15, -0.1) is 0 Å². The zero-order valence-electron chi connectivity index (χ0n) is 22.6. The fraction of sp³-hybridized carbons (Fsp3) is 0.636. The maximum atomic E-state index is 15.0. The largest absolute Gasteiger partial charge is 0.207 e. The first-order valence-corrected chi connectivity index (χ1v) is 13.8. The van der Waals surface area contributed by atoms with Gasteiger partial charge in [0.25, 0.3) is 0 Å². The normalized spacial score (nSPS) is 24.9. The lowest BCUT2D eigenvalue weighted by molar-refractivity contribution is 0.0560. The van der Waals surface area contributed by atoms with Gasteiger partial charge in [-0.2, -0.15) is 0 Å². The van der Waals surface area contributed by atoms with Crippen LogP contribution in [-0.4, -0.2) is 0 Å². The Bertz CT molecular complexity index is 1050. The Kier molecular flexibility index (Phi) is 5.62. The summed E-state index contributed by atoms with van der Waals surface area (Å²) < 4.78 is 15.0. The van der Waals surface area contributed by atoms with Gasteiger partial charge in [-0.05, 0) is 113 Å². The predicted molar refractivity (Wildman–Crippen MR) is 142 cm³/mol.